The summed E-state index contributed by atoms with van der Waals surface area (Å²) in [6, 6.07) is 6.40. The Morgan fingerprint density at radius 2 is 1.82 bits per heavy atom. The van der Waals surface area contributed by atoms with Crippen molar-refractivity contribution in [1.82, 2.24) is 4.90 Å². The van der Waals surface area contributed by atoms with Crippen LogP contribution in [0.15, 0.2) is 24.3 Å². The number of benzene rings is 1. The third-order valence-corrected chi connectivity index (χ3v) is 5.19. The van der Waals surface area contributed by atoms with Gasteiger partial charge >= 0.3 is 11.9 Å². The Labute approximate surface area is 163 Å². The van der Waals surface area contributed by atoms with Crippen molar-refractivity contribution < 1.29 is 28.7 Å². The second kappa shape index (κ2) is 8.86. The van der Waals surface area contributed by atoms with E-state index in [-0.39, 0.29) is 18.4 Å². The first-order valence-electron chi connectivity index (χ1n) is 9.42. The van der Waals surface area contributed by atoms with Gasteiger partial charge in [-0.05, 0) is 37.1 Å². The predicted octanol–water partition coefficient (Wildman–Crippen LogP) is 1.75. The molecule has 28 heavy (non-hydrogen) atoms. The minimum atomic E-state index is -0.523. The van der Waals surface area contributed by atoms with Crippen LogP contribution >= 0.6 is 0 Å². The van der Waals surface area contributed by atoms with E-state index >= 15 is 0 Å². The monoisotopic (exact) mass is 388 g/mol. The lowest BCUT2D eigenvalue weighted by atomic mass is 10.1. The molecule has 0 aromatic heterocycles. The highest BCUT2D eigenvalue weighted by molar-refractivity contribution is 5.95. The van der Waals surface area contributed by atoms with Crippen LogP contribution in [0.1, 0.15) is 42.5 Å². The normalized spacial score (nSPS) is 19.5. The fraction of sp³-hybridized carbons (Fsp3) is 0.500. The number of amides is 2. The molecule has 1 aromatic carbocycles. The number of esters is 2. The average molecular weight is 388 g/mol. The Kier molecular flexibility index (Phi) is 6.28. The number of carbonyl (C=O) groups excluding carboxylic acids is 4. The van der Waals surface area contributed by atoms with Crippen LogP contribution in [0.25, 0.3) is 0 Å². The fourth-order valence-corrected chi connectivity index (χ4v) is 3.72. The molecule has 2 aliphatic rings. The van der Waals surface area contributed by atoms with E-state index in [2.05, 4.69) is 10.1 Å². The molecule has 2 amide bonds. The Balaban J connectivity index is 1.44. The highest BCUT2D eigenvalue weighted by Crippen LogP contribution is 2.29. The van der Waals surface area contributed by atoms with Crippen molar-refractivity contribution in [2.75, 3.05) is 25.6 Å². The number of anilines is 1. The summed E-state index contributed by atoms with van der Waals surface area (Å²) in [5.74, 6) is -2.00. The Hall–Kier alpha value is -2.90. The van der Waals surface area contributed by atoms with E-state index in [9.17, 15) is 19.2 Å². The lowest BCUT2D eigenvalue weighted by Crippen LogP contribution is -2.35. The molecule has 1 aromatic rings. The molecule has 1 aliphatic heterocycles. The Morgan fingerprint density at radius 3 is 2.46 bits per heavy atom. The fourth-order valence-electron chi connectivity index (χ4n) is 3.72. The summed E-state index contributed by atoms with van der Waals surface area (Å²) in [7, 11) is 1.29. The molecule has 1 atom stereocenters. The molecule has 8 heteroatoms. The minimum Gasteiger partial charge on any atom is -0.465 e. The van der Waals surface area contributed by atoms with Gasteiger partial charge in [-0.15, -0.1) is 0 Å². The maximum Gasteiger partial charge on any atom is 0.337 e. The first-order valence-corrected chi connectivity index (χ1v) is 9.42. The number of nitrogens with zero attached hydrogens (tertiary/aromatic N) is 1. The van der Waals surface area contributed by atoms with Crippen LogP contribution in [0, 0.1) is 5.92 Å². The van der Waals surface area contributed by atoms with Gasteiger partial charge in [0.15, 0.2) is 6.61 Å². The molecule has 1 aliphatic carbocycles. The molecule has 1 heterocycles. The van der Waals surface area contributed by atoms with Crippen LogP contribution in [0.3, 0.4) is 0 Å². The molecular weight excluding hydrogens is 364 g/mol. The smallest absolute Gasteiger partial charge is 0.337 e. The number of likely N-dealkylation sites (tertiary alicyclic amines) is 1. The van der Waals surface area contributed by atoms with E-state index in [1.54, 1.807) is 17.0 Å². The Bertz CT molecular complexity index is 754. The summed E-state index contributed by atoms with van der Waals surface area (Å²) in [5.41, 5.74) is 0.835. The molecule has 2 fully saturated rings. The van der Waals surface area contributed by atoms with Gasteiger partial charge < -0.3 is 19.7 Å². The van der Waals surface area contributed by atoms with Crippen molar-refractivity contribution in [3.63, 3.8) is 0 Å². The van der Waals surface area contributed by atoms with Crippen molar-refractivity contribution in [2.45, 2.75) is 38.1 Å². The maximum absolute atomic E-state index is 12.2. The number of nitrogens with one attached hydrogen (secondary N) is 1. The summed E-state index contributed by atoms with van der Waals surface area (Å²) in [4.78, 5) is 49.6. The lowest BCUT2D eigenvalue weighted by Gasteiger charge is -2.23. The van der Waals surface area contributed by atoms with E-state index in [1.165, 1.54) is 19.2 Å². The number of hydrogen-bond donors (Lipinski definition) is 1. The van der Waals surface area contributed by atoms with Gasteiger partial charge in [-0.25, -0.2) is 4.79 Å². The number of methoxy groups -OCH3 is 1. The molecule has 0 bridgehead atoms. The number of carbonyl (C=O) groups is 4. The van der Waals surface area contributed by atoms with Gasteiger partial charge in [-0.2, -0.15) is 0 Å². The maximum atomic E-state index is 12.2. The van der Waals surface area contributed by atoms with E-state index in [0.717, 1.165) is 25.7 Å². The number of ether oxygens (including phenoxy) is 2. The molecule has 3 rings (SSSR count). The molecule has 1 saturated carbocycles. The van der Waals surface area contributed by atoms with Crippen LogP contribution in [-0.2, 0) is 23.9 Å². The third-order valence-electron chi connectivity index (χ3n) is 5.19. The second-order valence-electron chi connectivity index (χ2n) is 7.11. The van der Waals surface area contributed by atoms with Crippen LogP contribution < -0.4 is 5.32 Å². The molecule has 0 radical (unpaired) electrons. The average Bonchev–Trinajstić information content (AvgIpc) is 3.35. The molecule has 0 unspecified atom stereocenters. The molecular formula is C20H24N2O6. The second-order valence-corrected chi connectivity index (χ2v) is 7.11. The van der Waals surface area contributed by atoms with Gasteiger partial charge in [-0.1, -0.05) is 12.8 Å². The topological polar surface area (TPSA) is 102 Å². The zero-order chi connectivity index (χ0) is 20.1. The van der Waals surface area contributed by atoms with Crippen LogP contribution in [-0.4, -0.2) is 55.0 Å². The SMILES string of the molecule is COC(=O)c1ccc(NC(=O)COC(=O)[C@@H]2CC(=O)N(C3CCCC3)C2)cc1. The highest BCUT2D eigenvalue weighted by Gasteiger charge is 2.39. The van der Waals surface area contributed by atoms with E-state index in [1.807, 2.05) is 0 Å². The third kappa shape index (κ3) is 4.68. The van der Waals surface area contributed by atoms with Crippen LogP contribution in [0.4, 0.5) is 5.69 Å². The quantitative estimate of drug-likeness (QED) is 0.745. The van der Waals surface area contributed by atoms with Gasteiger partial charge in [0.2, 0.25) is 5.91 Å². The van der Waals surface area contributed by atoms with Gasteiger partial charge in [0, 0.05) is 24.7 Å². The summed E-state index contributed by atoms with van der Waals surface area (Å²) < 4.78 is 9.70. The number of hydrogen-bond acceptors (Lipinski definition) is 6. The zero-order valence-corrected chi connectivity index (χ0v) is 15.8. The summed E-state index contributed by atoms with van der Waals surface area (Å²) >= 11 is 0. The molecule has 1 saturated heterocycles. The summed E-state index contributed by atoms with van der Waals surface area (Å²) in [5, 5.41) is 2.59. The van der Waals surface area contributed by atoms with Crippen LogP contribution in [0.5, 0.6) is 0 Å². The molecule has 1 N–H and O–H groups in total. The minimum absolute atomic E-state index is 0.0102. The van der Waals surface area contributed by atoms with Crippen molar-refractivity contribution in [2.24, 2.45) is 5.92 Å². The predicted molar refractivity (Wildman–Crippen MR) is 99.4 cm³/mol. The first kappa shape index (κ1) is 19.9. The summed E-state index contributed by atoms with van der Waals surface area (Å²) in [6.07, 6.45) is 4.36. The summed E-state index contributed by atoms with van der Waals surface area (Å²) in [6.45, 7) is -0.0509. The van der Waals surface area contributed by atoms with Crippen LogP contribution in [0.2, 0.25) is 0 Å². The van der Waals surface area contributed by atoms with E-state index in [0.29, 0.717) is 17.8 Å². The molecule has 8 nitrogen and oxygen atoms in total. The molecule has 0 spiro atoms. The standard InChI is InChI=1S/C20H24N2O6/c1-27-19(25)13-6-8-15(9-7-13)21-17(23)12-28-20(26)14-10-18(24)22(11-14)16-4-2-3-5-16/h6-9,14,16H,2-5,10-12H2,1H3,(H,21,23)/t14-/m1/s1. The van der Waals surface area contributed by atoms with Crippen molar-refractivity contribution in [3.05, 3.63) is 29.8 Å². The Morgan fingerprint density at radius 1 is 1.14 bits per heavy atom. The van der Waals surface area contributed by atoms with Crippen molar-refractivity contribution in [3.8, 4) is 0 Å². The number of rotatable bonds is 6. The highest BCUT2D eigenvalue weighted by atomic mass is 16.5. The van der Waals surface area contributed by atoms with E-state index < -0.39 is 30.4 Å². The van der Waals surface area contributed by atoms with Crippen molar-refractivity contribution in [1.29, 1.82) is 0 Å². The van der Waals surface area contributed by atoms with E-state index in [4.69, 9.17) is 4.74 Å². The van der Waals surface area contributed by atoms with Gasteiger partial charge in [-0.3, -0.25) is 14.4 Å². The molecule has 150 valence electrons. The van der Waals surface area contributed by atoms with Crippen molar-refractivity contribution >= 4 is 29.4 Å². The first-order chi connectivity index (χ1) is 13.5. The zero-order valence-electron chi connectivity index (χ0n) is 15.8. The van der Waals surface area contributed by atoms with Gasteiger partial charge in [0.25, 0.3) is 5.91 Å². The van der Waals surface area contributed by atoms with Gasteiger partial charge in [0.05, 0.1) is 18.6 Å². The lowest BCUT2D eigenvalue weighted by molar-refractivity contribution is -0.151. The van der Waals surface area contributed by atoms with Gasteiger partial charge in [0.1, 0.15) is 0 Å². The largest absolute Gasteiger partial charge is 0.465 e.